The molecule has 188 valence electrons. The highest BCUT2D eigenvalue weighted by atomic mass is 19.4. The van der Waals surface area contributed by atoms with Crippen LogP contribution in [0.4, 0.5) is 24.8 Å². The largest absolute Gasteiger partial charge is 0.478 e. The normalized spacial score (nSPS) is 15.4. The molecule has 0 radical (unpaired) electrons. The minimum Gasteiger partial charge on any atom is -0.478 e. The standard InChI is InChI=1S/C25H24F3N5O3/c1-14-11-17(15(2)29-19-6-4-3-5-16(19)23(34)35)21-18(12-14)22-30-20(25(26,27)28)13-33(22)24(31-21)32-7-9-36-10-8-32/h3-6,11-13,15,29H,7-10H2,1-2H3,(H,34,35)/t15-/m1/s1. The van der Waals surface area contributed by atoms with Gasteiger partial charge >= 0.3 is 12.1 Å². The fourth-order valence-corrected chi connectivity index (χ4v) is 4.54. The molecule has 0 bridgehead atoms. The number of halogens is 3. The van der Waals surface area contributed by atoms with Crippen LogP contribution in [0.1, 0.15) is 40.1 Å². The average Bonchev–Trinajstić information content (AvgIpc) is 3.30. The quantitative estimate of drug-likeness (QED) is 0.403. The first kappa shape index (κ1) is 23.9. The zero-order valence-corrected chi connectivity index (χ0v) is 19.6. The molecule has 1 fully saturated rings. The number of fused-ring (bicyclic) bond motifs is 3. The molecule has 0 spiro atoms. The maximum atomic E-state index is 13.6. The number of carbonyl (C=O) groups is 1. The van der Waals surface area contributed by atoms with Crippen molar-refractivity contribution in [2.75, 3.05) is 36.5 Å². The number of hydrogen-bond donors (Lipinski definition) is 2. The summed E-state index contributed by atoms with van der Waals surface area (Å²) in [6.45, 7) is 5.54. The Morgan fingerprint density at radius 1 is 1.17 bits per heavy atom. The summed E-state index contributed by atoms with van der Waals surface area (Å²) in [7, 11) is 0. The van der Waals surface area contributed by atoms with Gasteiger partial charge in [0.25, 0.3) is 0 Å². The molecule has 0 aliphatic carbocycles. The number of aryl methyl sites for hydroxylation is 1. The lowest BCUT2D eigenvalue weighted by atomic mass is 10.0. The smallest absolute Gasteiger partial charge is 0.434 e. The molecule has 1 aliphatic rings. The summed E-state index contributed by atoms with van der Waals surface area (Å²) in [5.74, 6) is -0.710. The lowest BCUT2D eigenvalue weighted by Crippen LogP contribution is -2.38. The number of anilines is 2. The van der Waals surface area contributed by atoms with Crippen LogP contribution < -0.4 is 10.2 Å². The molecule has 0 unspecified atom stereocenters. The molecule has 5 rings (SSSR count). The van der Waals surface area contributed by atoms with Gasteiger partial charge in [-0.2, -0.15) is 13.2 Å². The number of nitrogens with zero attached hydrogens (tertiary/aromatic N) is 4. The number of carboxylic acid groups (broad SMARTS) is 1. The first-order valence-corrected chi connectivity index (χ1v) is 11.5. The second-order valence-corrected chi connectivity index (χ2v) is 8.80. The summed E-state index contributed by atoms with van der Waals surface area (Å²) < 4.78 is 47.8. The molecule has 2 aromatic carbocycles. The molecule has 8 nitrogen and oxygen atoms in total. The molecular formula is C25H24F3N5O3. The van der Waals surface area contributed by atoms with Crippen molar-refractivity contribution >= 4 is 34.2 Å². The van der Waals surface area contributed by atoms with Crippen molar-refractivity contribution in [2.24, 2.45) is 0 Å². The van der Waals surface area contributed by atoms with E-state index in [4.69, 9.17) is 9.72 Å². The average molecular weight is 499 g/mol. The molecule has 2 N–H and O–H groups in total. The van der Waals surface area contributed by atoms with Crippen LogP contribution in [0.2, 0.25) is 0 Å². The van der Waals surface area contributed by atoms with E-state index in [0.29, 0.717) is 48.8 Å². The van der Waals surface area contributed by atoms with Crippen molar-refractivity contribution in [3.63, 3.8) is 0 Å². The molecule has 36 heavy (non-hydrogen) atoms. The second-order valence-electron chi connectivity index (χ2n) is 8.80. The maximum Gasteiger partial charge on any atom is 0.434 e. The summed E-state index contributed by atoms with van der Waals surface area (Å²) in [5.41, 5.74) is 1.76. The number of aromatic nitrogens is 3. The number of benzene rings is 2. The topological polar surface area (TPSA) is 92.0 Å². The van der Waals surface area contributed by atoms with E-state index in [1.54, 1.807) is 24.3 Å². The third-order valence-corrected chi connectivity index (χ3v) is 6.24. The van der Waals surface area contributed by atoms with Gasteiger partial charge in [0.05, 0.1) is 30.3 Å². The van der Waals surface area contributed by atoms with E-state index >= 15 is 0 Å². The SMILES string of the molecule is Cc1cc([C@@H](C)Nc2ccccc2C(=O)O)c2nc(N3CCOCC3)n3cc(C(F)(F)F)nc3c2c1. The van der Waals surface area contributed by atoms with Crippen LogP contribution in [0.15, 0.2) is 42.6 Å². The highest BCUT2D eigenvalue weighted by Gasteiger charge is 2.35. The Balaban J connectivity index is 1.71. The molecule has 3 heterocycles. The van der Waals surface area contributed by atoms with E-state index in [1.165, 1.54) is 10.5 Å². The zero-order valence-electron chi connectivity index (χ0n) is 19.6. The summed E-state index contributed by atoms with van der Waals surface area (Å²) in [5, 5.41) is 13.3. The number of hydrogen-bond acceptors (Lipinski definition) is 6. The third-order valence-electron chi connectivity index (χ3n) is 6.24. The summed E-state index contributed by atoms with van der Waals surface area (Å²) in [4.78, 5) is 22.4. The minimum atomic E-state index is -4.61. The highest BCUT2D eigenvalue weighted by Crippen LogP contribution is 2.35. The van der Waals surface area contributed by atoms with Crippen LogP contribution in [-0.4, -0.2) is 51.7 Å². The fourth-order valence-electron chi connectivity index (χ4n) is 4.54. The number of ether oxygens (including phenoxy) is 1. The molecule has 1 saturated heterocycles. The van der Waals surface area contributed by atoms with Crippen molar-refractivity contribution in [1.29, 1.82) is 0 Å². The van der Waals surface area contributed by atoms with Gasteiger partial charge in [0, 0.05) is 35.9 Å². The Bertz CT molecular complexity index is 1460. The van der Waals surface area contributed by atoms with Gasteiger partial charge in [0.15, 0.2) is 5.69 Å². The van der Waals surface area contributed by atoms with Gasteiger partial charge in [0.2, 0.25) is 5.95 Å². The first-order chi connectivity index (χ1) is 17.1. The Morgan fingerprint density at radius 2 is 1.89 bits per heavy atom. The number of rotatable bonds is 5. The van der Waals surface area contributed by atoms with Crippen molar-refractivity contribution in [3.05, 3.63) is 65.0 Å². The van der Waals surface area contributed by atoms with Gasteiger partial charge in [-0.1, -0.05) is 18.2 Å². The van der Waals surface area contributed by atoms with Crippen LogP contribution in [0, 0.1) is 6.92 Å². The van der Waals surface area contributed by atoms with Crippen molar-refractivity contribution < 1.29 is 27.8 Å². The maximum absolute atomic E-state index is 13.6. The molecule has 0 saturated carbocycles. The molecule has 2 aromatic heterocycles. The monoisotopic (exact) mass is 499 g/mol. The minimum absolute atomic E-state index is 0.119. The number of nitrogens with one attached hydrogen (secondary N) is 1. The number of alkyl halides is 3. The number of para-hydroxylation sites is 1. The number of morpholine rings is 1. The van der Waals surface area contributed by atoms with E-state index in [9.17, 15) is 23.1 Å². The van der Waals surface area contributed by atoms with E-state index in [1.807, 2.05) is 24.8 Å². The summed E-state index contributed by atoms with van der Waals surface area (Å²) in [6, 6.07) is 9.83. The summed E-state index contributed by atoms with van der Waals surface area (Å²) >= 11 is 0. The van der Waals surface area contributed by atoms with Gasteiger partial charge in [-0.15, -0.1) is 0 Å². The Kier molecular flexibility index (Phi) is 5.95. The number of carboxylic acids is 1. The Morgan fingerprint density at radius 3 is 2.58 bits per heavy atom. The predicted molar refractivity (Wildman–Crippen MR) is 129 cm³/mol. The third kappa shape index (κ3) is 4.30. The fraction of sp³-hybridized carbons (Fsp3) is 0.320. The predicted octanol–water partition coefficient (Wildman–Crippen LogP) is 4.92. The summed E-state index contributed by atoms with van der Waals surface area (Å²) in [6.07, 6.45) is -3.62. The molecular weight excluding hydrogens is 475 g/mol. The van der Waals surface area contributed by atoms with Crippen LogP contribution in [0.25, 0.3) is 16.6 Å². The van der Waals surface area contributed by atoms with Crippen molar-refractivity contribution in [2.45, 2.75) is 26.1 Å². The van der Waals surface area contributed by atoms with Gasteiger partial charge in [-0.3, -0.25) is 4.40 Å². The number of imidazole rings is 1. The molecule has 4 aromatic rings. The molecule has 0 amide bonds. The Hall–Kier alpha value is -3.86. The first-order valence-electron chi connectivity index (χ1n) is 11.5. The number of aromatic carboxylic acids is 1. The molecule has 1 aliphatic heterocycles. The second kappa shape index (κ2) is 8.98. The van der Waals surface area contributed by atoms with E-state index in [-0.39, 0.29) is 11.2 Å². The van der Waals surface area contributed by atoms with Crippen molar-refractivity contribution in [3.8, 4) is 0 Å². The van der Waals surface area contributed by atoms with Crippen LogP contribution in [-0.2, 0) is 10.9 Å². The van der Waals surface area contributed by atoms with E-state index < -0.39 is 23.9 Å². The van der Waals surface area contributed by atoms with Gasteiger partial charge in [-0.25, -0.2) is 14.8 Å². The van der Waals surface area contributed by atoms with Crippen LogP contribution >= 0.6 is 0 Å². The molecule has 11 heteroatoms. The lowest BCUT2D eigenvalue weighted by molar-refractivity contribution is -0.140. The Labute approximate surface area is 204 Å². The van der Waals surface area contributed by atoms with Crippen molar-refractivity contribution in [1.82, 2.24) is 14.4 Å². The zero-order chi connectivity index (χ0) is 25.6. The van der Waals surface area contributed by atoms with E-state index in [2.05, 4.69) is 10.3 Å². The van der Waals surface area contributed by atoms with Crippen LogP contribution in [0.3, 0.4) is 0 Å². The van der Waals surface area contributed by atoms with Gasteiger partial charge < -0.3 is 20.1 Å². The van der Waals surface area contributed by atoms with E-state index in [0.717, 1.165) is 17.3 Å². The molecule has 1 atom stereocenters. The van der Waals surface area contributed by atoms with Gasteiger partial charge in [-0.05, 0) is 37.6 Å². The van der Waals surface area contributed by atoms with Crippen LogP contribution in [0.5, 0.6) is 0 Å². The lowest BCUT2D eigenvalue weighted by Gasteiger charge is -2.29. The highest BCUT2D eigenvalue weighted by molar-refractivity contribution is 5.96. The van der Waals surface area contributed by atoms with Gasteiger partial charge in [0.1, 0.15) is 5.65 Å².